The molecule has 1 atom stereocenters. The van der Waals surface area contributed by atoms with Crippen LogP contribution in [0, 0.1) is 5.82 Å². The zero-order valence-electron chi connectivity index (χ0n) is 11.3. The van der Waals surface area contributed by atoms with Crippen LogP contribution in [0.5, 0.6) is 0 Å². The van der Waals surface area contributed by atoms with Crippen molar-refractivity contribution in [1.82, 2.24) is 5.32 Å². The predicted octanol–water partition coefficient (Wildman–Crippen LogP) is 2.83. The van der Waals surface area contributed by atoms with Gasteiger partial charge < -0.3 is 11.1 Å². The fourth-order valence-corrected chi connectivity index (χ4v) is 1.92. The lowest BCUT2D eigenvalue weighted by atomic mass is 10.00. The van der Waals surface area contributed by atoms with Crippen molar-refractivity contribution in [1.29, 1.82) is 0 Å². The molecular weight excluding hydrogens is 255 g/mol. The van der Waals surface area contributed by atoms with E-state index < -0.39 is 0 Å². The maximum atomic E-state index is 12.8. The van der Waals surface area contributed by atoms with Crippen LogP contribution in [0.2, 0.25) is 0 Å². The molecule has 0 aliphatic carbocycles. The Morgan fingerprint density at radius 3 is 2.60 bits per heavy atom. The van der Waals surface area contributed by atoms with E-state index in [1.807, 2.05) is 19.1 Å². The summed E-state index contributed by atoms with van der Waals surface area (Å²) in [6, 6.07) is 13.3. The van der Waals surface area contributed by atoms with Gasteiger partial charge in [0, 0.05) is 12.2 Å². The van der Waals surface area contributed by atoms with E-state index in [2.05, 4.69) is 5.32 Å². The number of nitrogens with two attached hydrogens (primary N) is 1. The third-order valence-electron chi connectivity index (χ3n) is 3.18. The van der Waals surface area contributed by atoms with Crippen molar-refractivity contribution in [2.45, 2.75) is 19.4 Å². The van der Waals surface area contributed by atoms with E-state index in [0.717, 1.165) is 11.1 Å². The van der Waals surface area contributed by atoms with Crippen LogP contribution in [0.25, 0.3) is 0 Å². The van der Waals surface area contributed by atoms with Gasteiger partial charge in [-0.15, -0.1) is 0 Å². The highest BCUT2D eigenvalue weighted by Gasteiger charge is 2.14. The Morgan fingerprint density at radius 2 is 1.95 bits per heavy atom. The van der Waals surface area contributed by atoms with Crippen LogP contribution in [-0.2, 0) is 11.3 Å². The topological polar surface area (TPSA) is 55.1 Å². The molecule has 2 aromatic carbocycles. The van der Waals surface area contributed by atoms with Gasteiger partial charge in [0.05, 0.1) is 5.92 Å². The van der Waals surface area contributed by atoms with Crippen LogP contribution >= 0.6 is 0 Å². The number of hydrogen-bond acceptors (Lipinski definition) is 2. The molecule has 2 rings (SSSR count). The van der Waals surface area contributed by atoms with Crippen molar-refractivity contribution in [3.63, 3.8) is 0 Å². The maximum Gasteiger partial charge on any atom is 0.227 e. The lowest BCUT2D eigenvalue weighted by Crippen LogP contribution is -2.27. The monoisotopic (exact) mass is 272 g/mol. The molecule has 104 valence electrons. The minimum atomic E-state index is -0.284. The number of amides is 1. The number of anilines is 1. The van der Waals surface area contributed by atoms with Crippen molar-refractivity contribution in [3.05, 3.63) is 65.5 Å². The first-order chi connectivity index (χ1) is 9.56. The number of hydrogen-bond donors (Lipinski definition) is 2. The highest BCUT2D eigenvalue weighted by atomic mass is 19.1. The molecule has 0 bridgehead atoms. The standard InChI is InChI=1S/C16H17FN2O/c1-11(13-3-2-4-15(18)9-13)16(20)19-10-12-5-7-14(17)8-6-12/h2-9,11H,10,18H2,1H3,(H,19,20). The van der Waals surface area contributed by atoms with E-state index in [0.29, 0.717) is 12.2 Å². The Kier molecular flexibility index (Phi) is 4.35. The van der Waals surface area contributed by atoms with Crippen molar-refractivity contribution >= 4 is 11.6 Å². The molecule has 0 aromatic heterocycles. The highest BCUT2D eigenvalue weighted by Crippen LogP contribution is 2.18. The summed E-state index contributed by atoms with van der Waals surface area (Å²) < 4.78 is 12.8. The third-order valence-corrected chi connectivity index (χ3v) is 3.18. The molecule has 0 heterocycles. The number of carbonyl (C=O) groups is 1. The van der Waals surface area contributed by atoms with E-state index in [1.165, 1.54) is 12.1 Å². The van der Waals surface area contributed by atoms with Crippen LogP contribution in [0.3, 0.4) is 0 Å². The second-order valence-corrected chi connectivity index (χ2v) is 4.74. The molecule has 0 saturated heterocycles. The zero-order valence-corrected chi connectivity index (χ0v) is 11.3. The molecule has 3 N–H and O–H groups in total. The number of rotatable bonds is 4. The van der Waals surface area contributed by atoms with Crippen LogP contribution in [0.1, 0.15) is 24.0 Å². The van der Waals surface area contributed by atoms with Gasteiger partial charge in [-0.2, -0.15) is 0 Å². The smallest absolute Gasteiger partial charge is 0.227 e. The average Bonchev–Trinajstić information content (AvgIpc) is 2.45. The fraction of sp³-hybridized carbons (Fsp3) is 0.188. The first-order valence-corrected chi connectivity index (χ1v) is 6.44. The molecule has 0 radical (unpaired) electrons. The van der Waals surface area contributed by atoms with Crippen molar-refractivity contribution < 1.29 is 9.18 Å². The Morgan fingerprint density at radius 1 is 1.25 bits per heavy atom. The van der Waals surface area contributed by atoms with Crippen molar-refractivity contribution in [2.24, 2.45) is 0 Å². The quantitative estimate of drug-likeness (QED) is 0.841. The van der Waals surface area contributed by atoms with Gasteiger partial charge in [0.1, 0.15) is 5.82 Å². The van der Waals surface area contributed by atoms with E-state index in [4.69, 9.17) is 5.73 Å². The van der Waals surface area contributed by atoms with Crippen molar-refractivity contribution in [3.8, 4) is 0 Å². The van der Waals surface area contributed by atoms with Gasteiger partial charge in [-0.05, 0) is 42.3 Å². The Labute approximate surface area is 117 Å². The summed E-state index contributed by atoms with van der Waals surface area (Å²) in [5.74, 6) is -0.646. The summed E-state index contributed by atoms with van der Waals surface area (Å²) >= 11 is 0. The van der Waals surface area contributed by atoms with E-state index in [9.17, 15) is 9.18 Å². The number of nitrogens with one attached hydrogen (secondary N) is 1. The molecule has 4 heteroatoms. The molecule has 1 amide bonds. The third kappa shape index (κ3) is 3.57. The SMILES string of the molecule is CC(C(=O)NCc1ccc(F)cc1)c1cccc(N)c1. The molecule has 2 aromatic rings. The maximum absolute atomic E-state index is 12.8. The molecule has 20 heavy (non-hydrogen) atoms. The van der Waals surface area contributed by atoms with Gasteiger partial charge in [-0.25, -0.2) is 4.39 Å². The van der Waals surface area contributed by atoms with E-state index in [1.54, 1.807) is 24.3 Å². The highest BCUT2D eigenvalue weighted by molar-refractivity contribution is 5.83. The molecule has 0 spiro atoms. The van der Waals surface area contributed by atoms with Crippen LogP contribution in [0.4, 0.5) is 10.1 Å². The molecule has 0 saturated carbocycles. The first kappa shape index (κ1) is 14.1. The minimum absolute atomic E-state index is 0.0834. The van der Waals surface area contributed by atoms with E-state index in [-0.39, 0.29) is 17.6 Å². The van der Waals surface area contributed by atoms with Crippen LogP contribution in [0.15, 0.2) is 48.5 Å². The largest absolute Gasteiger partial charge is 0.399 e. The summed E-state index contributed by atoms with van der Waals surface area (Å²) in [4.78, 5) is 12.1. The Balaban J connectivity index is 1.96. The molecule has 0 fully saturated rings. The summed E-state index contributed by atoms with van der Waals surface area (Å²) in [6.07, 6.45) is 0. The second-order valence-electron chi connectivity index (χ2n) is 4.74. The molecule has 0 aliphatic heterocycles. The molecule has 0 aliphatic rings. The summed E-state index contributed by atoms with van der Waals surface area (Å²) in [6.45, 7) is 2.21. The number of nitrogen functional groups attached to an aromatic ring is 1. The Hall–Kier alpha value is -2.36. The summed E-state index contributed by atoms with van der Waals surface area (Å²) in [7, 11) is 0. The zero-order chi connectivity index (χ0) is 14.5. The summed E-state index contributed by atoms with van der Waals surface area (Å²) in [5, 5.41) is 2.83. The van der Waals surface area contributed by atoms with Gasteiger partial charge in [-0.3, -0.25) is 4.79 Å². The van der Waals surface area contributed by atoms with Crippen LogP contribution in [-0.4, -0.2) is 5.91 Å². The lowest BCUT2D eigenvalue weighted by Gasteiger charge is -2.13. The lowest BCUT2D eigenvalue weighted by molar-refractivity contribution is -0.122. The predicted molar refractivity (Wildman–Crippen MR) is 77.5 cm³/mol. The molecule has 1 unspecified atom stereocenters. The van der Waals surface area contributed by atoms with Gasteiger partial charge in [-0.1, -0.05) is 24.3 Å². The van der Waals surface area contributed by atoms with Gasteiger partial charge in [0.2, 0.25) is 5.91 Å². The molecular formula is C16H17FN2O. The van der Waals surface area contributed by atoms with E-state index >= 15 is 0 Å². The minimum Gasteiger partial charge on any atom is -0.399 e. The second kappa shape index (κ2) is 6.19. The summed E-state index contributed by atoms with van der Waals surface area (Å²) in [5.41, 5.74) is 8.09. The number of carbonyl (C=O) groups excluding carboxylic acids is 1. The Bertz CT molecular complexity index is 596. The van der Waals surface area contributed by atoms with Crippen LogP contribution < -0.4 is 11.1 Å². The number of benzene rings is 2. The average molecular weight is 272 g/mol. The van der Waals surface area contributed by atoms with Crippen molar-refractivity contribution in [2.75, 3.05) is 5.73 Å². The normalized spacial score (nSPS) is 11.9. The first-order valence-electron chi connectivity index (χ1n) is 6.44. The van der Waals surface area contributed by atoms with Gasteiger partial charge >= 0.3 is 0 Å². The van der Waals surface area contributed by atoms with Gasteiger partial charge in [0.15, 0.2) is 0 Å². The fourth-order valence-electron chi connectivity index (χ4n) is 1.92. The van der Waals surface area contributed by atoms with Gasteiger partial charge in [0.25, 0.3) is 0 Å². The number of halogens is 1. The molecule has 3 nitrogen and oxygen atoms in total.